The maximum absolute atomic E-state index is 13.5. The van der Waals surface area contributed by atoms with Crippen molar-refractivity contribution < 1.29 is 13.5 Å². The van der Waals surface area contributed by atoms with Crippen molar-refractivity contribution >= 4 is 45.8 Å². The molecular weight excluding hydrogens is 583 g/mol. The summed E-state index contributed by atoms with van der Waals surface area (Å²) in [6.45, 7) is 6.75. The lowest BCUT2D eigenvalue weighted by atomic mass is 10.1. The second-order valence-corrected chi connectivity index (χ2v) is 11.7. The molecule has 0 amide bonds. The first kappa shape index (κ1) is 30.9. The van der Waals surface area contributed by atoms with Crippen molar-refractivity contribution in [3.05, 3.63) is 101 Å². The van der Waals surface area contributed by atoms with Crippen molar-refractivity contribution in [3.8, 4) is 17.1 Å². The molecule has 6 nitrogen and oxygen atoms in total. The highest BCUT2D eigenvalue weighted by Crippen LogP contribution is 2.34. The Morgan fingerprint density at radius 1 is 1.00 bits per heavy atom. The SMILES string of the molecule is CCCN(CCC)C(CSC)c1ccc(-c2ccc3ncnc(Nc4ccc(OCc5cccc(F)c5)c(Cl)c4)c3c2)o1. The molecule has 5 rings (SSSR count). The van der Waals surface area contributed by atoms with Crippen molar-refractivity contribution in [2.24, 2.45) is 0 Å². The maximum atomic E-state index is 13.5. The summed E-state index contributed by atoms with van der Waals surface area (Å²) in [7, 11) is 0. The van der Waals surface area contributed by atoms with E-state index in [4.69, 9.17) is 20.8 Å². The summed E-state index contributed by atoms with van der Waals surface area (Å²) in [4.78, 5) is 11.5. The number of furan rings is 1. The van der Waals surface area contributed by atoms with Crippen LogP contribution in [0.3, 0.4) is 0 Å². The summed E-state index contributed by atoms with van der Waals surface area (Å²) < 4.78 is 25.8. The minimum Gasteiger partial charge on any atom is -0.487 e. The van der Waals surface area contributed by atoms with E-state index in [1.165, 1.54) is 18.5 Å². The van der Waals surface area contributed by atoms with Crippen LogP contribution >= 0.6 is 23.4 Å². The zero-order valence-electron chi connectivity index (χ0n) is 24.6. The summed E-state index contributed by atoms with van der Waals surface area (Å²) in [6, 6.07) is 22.2. The lowest BCUT2D eigenvalue weighted by Crippen LogP contribution is -2.31. The number of benzene rings is 3. The van der Waals surface area contributed by atoms with Crippen molar-refractivity contribution in [1.82, 2.24) is 14.9 Å². The molecule has 0 radical (unpaired) electrons. The van der Waals surface area contributed by atoms with E-state index in [9.17, 15) is 4.39 Å². The topological polar surface area (TPSA) is 63.4 Å². The van der Waals surface area contributed by atoms with Gasteiger partial charge in [0.2, 0.25) is 0 Å². The molecule has 224 valence electrons. The average Bonchev–Trinajstić information content (AvgIpc) is 3.49. The molecule has 0 aliphatic heterocycles. The number of aromatic nitrogens is 2. The average molecular weight is 619 g/mol. The molecule has 0 aliphatic carbocycles. The van der Waals surface area contributed by atoms with Crippen LogP contribution in [0, 0.1) is 5.82 Å². The van der Waals surface area contributed by atoms with Crippen LogP contribution in [0.1, 0.15) is 44.1 Å². The first-order valence-electron chi connectivity index (χ1n) is 14.5. The molecule has 1 N–H and O–H groups in total. The number of rotatable bonds is 14. The van der Waals surface area contributed by atoms with Gasteiger partial charge in [0.15, 0.2) is 0 Å². The van der Waals surface area contributed by atoms with Gasteiger partial charge in [-0.2, -0.15) is 11.8 Å². The zero-order chi connectivity index (χ0) is 30.2. The Bertz CT molecular complexity index is 1660. The second-order valence-electron chi connectivity index (χ2n) is 10.4. The van der Waals surface area contributed by atoms with Crippen LogP contribution in [0.4, 0.5) is 15.9 Å². The molecule has 43 heavy (non-hydrogen) atoms. The normalized spacial score (nSPS) is 12.1. The fraction of sp³-hybridized carbons (Fsp3) is 0.294. The van der Waals surface area contributed by atoms with Crippen LogP contribution in [0.2, 0.25) is 5.02 Å². The second kappa shape index (κ2) is 14.7. The van der Waals surface area contributed by atoms with Crippen LogP contribution in [-0.4, -0.2) is 40.0 Å². The van der Waals surface area contributed by atoms with Gasteiger partial charge in [0.1, 0.15) is 41.8 Å². The molecule has 0 bridgehead atoms. The molecule has 0 spiro atoms. The lowest BCUT2D eigenvalue weighted by molar-refractivity contribution is 0.193. The fourth-order valence-electron chi connectivity index (χ4n) is 5.14. The third kappa shape index (κ3) is 7.68. The molecule has 9 heteroatoms. The summed E-state index contributed by atoms with van der Waals surface area (Å²) in [5, 5.41) is 4.67. The number of hydrogen-bond acceptors (Lipinski definition) is 7. The van der Waals surface area contributed by atoms with E-state index in [0.29, 0.717) is 16.6 Å². The molecule has 0 saturated carbocycles. The molecular formula is C34H36ClFN4O2S. The van der Waals surface area contributed by atoms with Crippen LogP contribution in [0.25, 0.3) is 22.2 Å². The molecule has 5 aromatic rings. The molecule has 1 unspecified atom stereocenters. The highest BCUT2D eigenvalue weighted by Gasteiger charge is 2.23. The molecule has 0 saturated heterocycles. The Labute approximate surface area is 261 Å². The summed E-state index contributed by atoms with van der Waals surface area (Å²) in [5.74, 6) is 3.64. The van der Waals surface area contributed by atoms with E-state index in [-0.39, 0.29) is 18.5 Å². The van der Waals surface area contributed by atoms with Crippen LogP contribution in [0.5, 0.6) is 5.75 Å². The first-order valence-corrected chi connectivity index (χ1v) is 16.3. The summed E-state index contributed by atoms with van der Waals surface area (Å²) in [5.41, 5.74) is 3.24. The minimum atomic E-state index is -0.301. The number of thioether (sulfide) groups is 1. The largest absolute Gasteiger partial charge is 0.487 e. The van der Waals surface area contributed by atoms with Gasteiger partial charge in [-0.1, -0.05) is 37.6 Å². The monoisotopic (exact) mass is 618 g/mol. The molecule has 1 atom stereocenters. The Morgan fingerprint density at radius 2 is 1.84 bits per heavy atom. The van der Waals surface area contributed by atoms with Crippen molar-refractivity contribution in [2.45, 2.75) is 39.3 Å². The highest BCUT2D eigenvalue weighted by atomic mass is 35.5. The maximum Gasteiger partial charge on any atom is 0.141 e. The van der Waals surface area contributed by atoms with Gasteiger partial charge in [-0.25, -0.2) is 14.4 Å². The molecule has 2 heterocycles. The summed E-state index contributed by atoms with van der Waals surface area (Å²) in [6.07, 6.45) is 5.89. The van der Waals surface area contributed by atoms with Crippen LogP contribution in [0.15, 0.2) is 83.5 Å². The van der Waals surface area contributed by atoms with Crippen molar-refractivity contribution in [1.29, 1.82) is 0 Å². The number of fused-ring (bicyclic) bond motifs is 1. The minimum absolute atomic E-state index is 0.214. The fourth-order valence-corrected chi connectivity index (χ4v) is 6.07. The predicted molar refractivity (Wildman–Crippen MR) is 176 cm³/mol. The van der Waals surface area contributed by atoms with E-state index in [0.717, 1.165) is 70.9 Å². The third-order valence-corrected chi connectivity index (χ3v) is 8.08. The summed E-state index contributed by atoms with van der Waals surface area (Å²) >= 11 is 8.38. The van der Waals surface area contributed by atoms with Gasteiger partial charge >= 0.3 is 0 Å². The Morgan fingerprint density at radius 3 is 2.58 bits per heavy atom. The standard InChI is InChI=1S/C34H36ClFN4O2S/c1-4-15-40(16-5-2)30(21-43-3)33-14-13-31(42-33)24-9-11-29-27(18-24)34(38-22-37-29)39-26-10-12-32(28(35)19-26)41-20-23-7-6-8-25(36)17-23/h6-14,17-19,22,30H,4-5,15-16,20-21H2,1-3H3,(H,37,38,39). The number of anilines is 2. The lowest BCUT2D eigenvalue weighted by Gasteiger charge is -2.29. The van der Waals surface area contributed by atoms with E-state index in [1.807, 2.05) is 30.0 Å². The van der Waals surface area contributed by atoms with Crippen molar-refractivity contribution in [2.75, 3.05) is 30.4 Å². The number of ether oxygens (including phenoxy) is 1. The van der Waals surface area contributed by atoms with E-state index in [2.05, 4.69) is 58.5 Å². The molecule has 0 fully saturated rings. The highest BCUT2D eigenvalue weighted by molar-refractivity contribution is 7.98. The van der Waals surface area contributed by atoms with Crippen LogP contribution in [-0.2, 0) is 6.61 Å². The third-order valence-electron chi connectivity index (χ3n) is 7.14. The van der Waals surface area contributed by atoms with E-state index >= 15 is 0 Å². The number of halogens is 2. The number of nitrogens with zero attached hydrogens (tertiary/aromatic N) is 3. The Kier molecular flexibility index (Phi) is 10.6. The zero-order valence-corrected chi connectivity index (χ0v) is 26.2. The van der Waals surface area contributed by atoms with Gasteiger partial charge in [-0.3, -0.25) is 4.90 Å². The molecule has 0 aliphatic rings. The quantitative estimate of drug-likeness (QED) is 0.133. The first-order chi connectivity index (χ1) is 21.0. The number of hydrogen-bond donors (Lipinski definition) is 1. The van der Waals surface area contributed by atoms with Gasteiger partial charge in [-0.05, 0) is 98.4 Å². The Hall–Kier alpha value is -3.59. The molecule has 2 aromatic heterocycles. The van der Waals surface area contributed by atoms with Gasteiger partial charge in [0.05, 0.1) is 16.6 Å². The van der Waals surface area contributed by atoms with Gasteiger partial charge in [0.25, 0.3) is 0 Å². The predicted octanol–water partition coefficient (Wildman–Crippen LogP) is 9.53. The van der Waals surface area contributed by atoms with E-state index in [1.54, 1.807) is 24.3 Å². The number of nitrogens with one attached hydrogen (secondary N) is 1. The Balaban J connectivity index is 1.36. The van der Waals surface area contributed by atoms with Crippen LogP contribution < -0.4 is 10.1 Å². The van der Waals surface area contributed by atoms with Gasteiger partial charge < -0.3 is 14.5 Å². The van der Waals surface area contributed by atoms with E-state index < -0.39 is 0 Å². The van der Waals surface area contributed by atoms with Gasteiger partial charge in [-0.15, -0.1) is 0 Å². The molecule has 3 aromatic carbocycles. The van der Waals surface area contributed by atoms with Crippen molar-refractivity contribution in [3.63, 3.8) is 0 Å². The smallest absolute Gasteiger partial charge is 0.141 e. The van der Waals surface area contributed by atoms with Gasteiger partial charge in [0, 0.05) is 22.4 Å².